The van der Waals surface area contributed by atoms with Crippen molar-refractivity contribution in [2.75, 3.05) is 21.3 Å². The smallest absolute Gasteiger partial charge is 0.217 e. The number of amides is 1. The number of rotatable bonds is 7. The molecule has 28 heavy (non-hydrogen) atoms. The van der Waals surface area contributed by atoms with Gasteiger partial charge in [-0.25, -0.2) is 0 Å². The minimum Gasteiger partial charge on any atom is -0.493 e. The summed E-state index contributed by atoms with van der Waals surface area (Å²) in [5.41, 5.74) is 3.38. The molecule has 2 aromatic carbocycles. The zero-order chi connectivity index (χ0) is 20.1. The molecule has 1 amide bonds. The molecule has 1 heterocycles. The van der Waals surface area contributed by atoms with Gasteiger partial charge in [-0.3, -0.25) is 4.79 Å². The molecule has 0 saturated carbocycles. The summed E-state index contributed by atoms with van der Waals surface area (Å²) in [4.78, 5) is 11.0. The van der Waals surface area contributed by atoms with Crippen LogP contribution in [0.2, 0.25) is 0 Å². The molecule has 1 aromatic heterocycles. The van der Waals surface area contributed by atoms with Gasteiger partial charge in [0.05, 0.1) is 21.3 Å². The molecule has 0 aliphatic heterocycles. The first-order valence-electron chi connectivity index (χ1n) is 8.66. The van der Waals surface area contributed by atoms with Crippen molar-refractivity contribution in [2.45, 2.75) is 13.5 Å². The normalized spacial score (nSPS) is 10.4. The number of ether oxygens (including phenoxy) is 3. The third kappa shape index (κ3) is 4.09. The van der Waals surface area contributed by atoms with Crippen LogP contribution in [0.3, 0.4) is 0 Å². The van der Waals surface area contributed by atoms with Crippen molar-refractivity contribution in [3.63, 3.8) is 0 Å². The Balaban J connectivity index is 1.87. The van der Waals surface area contributed by atoms with Crippen LogP contribution in [-0.4, -0.2) is 32.4 Å². The second-order valence-electron chi connectivity index (χ2n) is 6.10. The average molecular weight is 382 g/mol. The highest BCUT2D eigenvalue weighted by molar-refractivity contribution is 5.73. The van der Waals surface area contributed by atoms with Gasteiger partial charge >= 0.3 is 0 Å². The van der Waals surface area contributed by atoms with E-state index in [2.05, 4.69) is 10.5 Å². The molecule has 0 saturated heterocycles. The van der Waals surface area contributed by atoms with Crippen molar-refractivity contribution in [2.24, 2.45) is 0 Å². The molecule has 7 heteroatoms. The highest BCUT2D eigenvalue weighted by Gasteiger charge is 2.17. The molecule has 146 valence electrons. The number of carbonyl (C=O) groups excluding carboxylic acids is 1. The van der Waals surface area contributed by atoms with E-state index in [0.29, 0.717) is 35.2 Å². The molecule has 0 fully saturated rings. The lowest BCUT2D eigenvalue weighted by molar-refractivity contribution is -0.119. The van der Waals surface area contributed by atoms with Crippen molar-refractivity contribution in [1.82, 2.24) is 10.5 Å². The Hall–Kier alpha value is -3.48. The first-order chi connectivity index (χ1) is 13.5. The third-order valence-corrected chi connectivity index (χ3v) is 4.25. The van der Waals surface area contributed by atoms with Crippen LogP contribution in [0, 0.1) is 0 Å². The van der Waals surface area contributed by atoms with Crippen molar-refractivity contribution in [1.29, 1.82) is 0 Å². The van der Waals surface area contributed by atoms with Crippen molar-refractivity contribution in [3.05, 3.63) is 48.0 Å². The van der Waals surface area contributed by atoms with Crippen LogP contribution >= 0.6 is 0 Å². The van der Waals surface area contributed by atoms with E-state index in [1.165, 1.54) is 6.92 Å². The van der Waals surface area contributed by atoms with E-state index < -0.39 is 0 Å². The van der Waals surface area contributed by atoms with Gasteiger partial charge in [-0.15, -0.1) is 0 Å². The Morgan fingerprint density at radius 2 is 1.61 bits per heavy atom. The van der Waals surface area contributed by atoms with E-state index in [0.717, 1.165) is 16.7 Å². The fourth-order valence-electron chi connectivity index (χ4n) is 2.79. The summed E-state index contributed by atoms with van der Waals surface area (Å²) < 4.78 is 21.7. The number of nitrogens with one attached hydrogen (secondary N) is 1. The number of methoxy groups -OCH3 is 3. The molecule has 0 spiro atoms. The first-order valence-corrected chi connectivity index (χ1v) is 8.66. The monoisotopic (exact) mass is 382 g/mol. The van der Waals surface area contributed by atoms with E-state index in [9.17, 15) is 4.79 Å². The highest BCUT2D eigenvalue weighted by Crippen LogP contribution is 2.41. The third-order valence-electron chi connectivity index (χ3n) is 4.25. The number of nitrogens with zero attached hydrogens (tertiary/aromatic N) is 1. The number of hydrogen-bond donors (Lipinski definition) is 1. The standard InChI is InChI=1S/C21H22N2O5/c1-13(24)22-12-14-5-7-15(8-6-14)17-11-18(28-23-17)16-9-19(25-2)21(27-4)20(10-16)26-3/h5-11H,12H2,1-4H3,(H,22,24). The van der Waals surface area contributed by atoms with Gasteiger partial charge in [0.1, 0.15) is 5.69 Å². The number of benzene rings is 2. The summed E-state index contributed by atoms with van der Waals surface area (Å²) in [6.07, 6.45) is 0. The Labute approximate surface area is 163 Å². The first kappa shape index (κ1) is 19.3. The van der Waals surface area contributed by atoms with Crippen LogP contribution in [0.4, 0.5) is 0 Å². The lowest BCUT2D eigenvalue weighted by Crippen LogP contribution is -2.18. The molecule has 0 unspecified atom stereocenters. The second-order valence-corrected chi connectivity index (χ2v) is 6.10. The molecule has 0 radical (unpaired) electrons. The fraction of sp³-hybridized carbons (Fsp3) is 0.238. The Bertz CT molecular complexity index is 938. The van der Waals surface area contributed by atoms with Gasteiger partial charge in [0.2, 0.25) is 11.7 Å². The van der Waals surface area contributed by atoms with Crippen molar-refractivity contribution < 1.29 is 23.5 Å². The van der Waals surface area contributed by atoms with Crippen LogP contribution < -0.4 is 19.5 Å². The van der Waals surface area contributed by atoms with E-state index in [1.54, 1.807) is 21.3 Å². The van der Waals surface area contributed by atoms with E-state index >= 15 is 0 Å². The zero-order valence-corrected chi connectivity index (χ0v) is 16.2. The minimum atomic E-state index is -0.0597. The molecule has 3 rings (SSSR count). The van der Waals surface area contributed by atoms with Gasteiger partial charge in [-0.2, -0.15) is 0 Å². The fourth-order valence-corrected chi connectivity index (χ4v) is 2.79. The van der Waals surface area contributed by atoms with Crippen LogP contribution in [-0.2, 0) is 11.3 Å². The van der Waals surface area contributed by atoms with Crippen LogP contribution in [0.15, 0.2) is 47.0 Å². The minimum absolute atomic E-state index is 0.0597. The SMILES string of the molecule is COc1cc(-c2cc(-c3ccc(CNC(C)=O)cc3)no2)cc(OC)c1OC. The zero-order valence-electron chi connectivity index (χ0n) is 16.2. The molecule has 0 bridgehead atoms. The number of hydrogen-bond acceptors (Lipinski definition) is 6. The second kappa shape index (κ2) is 8.47. The lowest BCUT2D eigenvalue weighted by Gasteiger charge is -2.12. The maximum atomic E-state index is 11.0. The summed E-state index contributed by atoms with van der Waals surface area (Å²) in [5, 5.41) is 6.93. The summed E-state index contributed by atoms with van der Waals surface area (Å²) >= 11 is 0. The van der Waals surface area contributed by atoms with Gasteiger partial charge in [-0.1, -0.05) is 29.4 Å². The molecule has 1 N–H and O–H groups in total. The predicted molar refractivity (Wildman–Crippen MR) is 105 cm³/mol. The van der Waals surface area contributed by atoms with E-state index in [4.69, 9.17) is 18.7 Å². The maximum Gasteiger partial charge on any atom is 0.217 e. The molecule has 3 aromatic rings. The average Bonchev–Trinajstić information content (AvgIpc) is 3.21. The van der Waals surface area contributed by atoms with Crippen LogP contribution in [0.25, 0.3) is 22.6 Å². The van der Waals surface area contributed by atoms with Crippen molar-refractivity contribution >= 4 is 5.91 Å². The van der Waals surface area contributed by atoms with E-state index in [-0.39, 0.29) is 5.91 Å². The van der Waals surface area contributed by atoms with E-state index in [1.807, 2.05) is 42.5 Å². The molecule has 7 nitrogen and oxygen atoms in total. The summed E-state index contributed by atoms with van der Waals surface area (Å²) in [5.74, 6) is 2.12. The van der Waals surface area contributed by atoms with Gasteiger partial charge in [0, 0.05) is 30.7 Å². The molecule has 0 aliphatic rings. The van der Waals surface area contributed by atoms with Crippen LogP contribution in [0.1, 0.15) is 12.5 Å². The van der Waals surface area contributed by atoms with Gasteiger partial charge in [0.15, 0.2) is 17.3 Å². The Kier molecular flexibility index (Phi) is 5.84. The number of aromatic nitrogens is 1. The lowest BCUT2D eigenvalue weighted by atomic mass is 10.1. The highest BCUT2D eigenvalue weighted by atomic mass is 16.5. The Morgan fingerprint density at radius 1 is 0.964 bits per heavy atom. The molecule has 0 atom stereocenters. The van der Waals surface area contributed by atoms with Gasteiger partial charge < -0.3 is 24.1 Å². The summed E-state index contributed by atoms with van der Waals surface area (Å²) in [6, 6.07) is 13.2. The molecular formula is C21H22N2O5. The topological polar surface area (TPSA) is 82.8 Å². The van der Waals surface area contributed by atoms with Gasteiger partial charge in [0.25, 0.3) is 0 Å². The van der Waals surface area contributed by atoms with Crippen LogP contribution in [0.5, 0.6) is 17.2 Å². The van der Waals surface area contributed by atoms with Gasteiger partial charge in [-0.05, 0) is 17.7 Å². The summed E-state index contributed by atoms with van der Waals surface area (Å²) in [6.45, 7) is 1.99. The predicted octanol–water partition coefficient (Wildman–Crippen LogP) is 3.67. The quantitative estimate of drug-likeness (QED) is 0.671. The largest absolute Gasteiger partial charge is 0.493 e. The summed E-state index contributed by atoms with van der Waals surface area (Å²) in [7, 11) is 4.69. The number of carbonyl (C=O) groups is 1. The van der Waals surface area contributed by atoms with Crippen molar-refractivity contribution in [3.8, 4) is 39.8 Å². The Morgan fingerprint density at radius 3 is 2.14 bits per heavy atom. The maximum absolute atomic E-state index is 11.0. The molecule has 0 aliphatic carbocycles. The molecular weight excluding hydrogens is 360 g/mol.